The van der Waals surface area contributed by atoms with Crippen molar-refractivity contribution in [1.82, 2.24) is 4.90 Å². The number of carbonyl (C=O) groups is 1. The summed E-state index contributed by atoms with van der Waals surface area (Å²) in [7, 11) is 1.84. The molecule has 2 rings (SSSR count). The zero-order valence-electron chi connectivity index (χ0n) is 11.5. The first kappa shape index (κ1) is 15.5. The summed E-state index contributed by atoms with van der Waals surface area (Å²) >= 11 is 5.93. The molecular weight excluding hydrogens is 293 g/mol. The number of hydrogen-bond acceptors (Lipinski definition) is 2. The summed E-state index contributed by atoms with van der Waals surface area (Å²) in [5.41, 5.74) is 1.07. The van der Waals surface area contributed by atoms with Gasteiger partial charge >= 0.3 is 5.97 Å². The fourth-order valence-corrected chi connectivity index (χ4v) is 2.37. The summed E-state index contributed by atoms with van der Waals surface area (Å²) in [4.78, 5) is 12.8. The largest absolute Gasteiger partial charge is 0.478 e. The molecule has 0 aliphatic rings. The highest BCUT2D eigenvalue weighted by atomic mass is 35.5. The monoisotopic (exact) mass is 307 g/mol. The van der Waals surface area contributed by atoms with E-state index < -0.39 is 11.8 Å². The molecule has 3 nitrogen and oxygen atoms in total. The highest BCUT2D eigenvalue weighted by Gasteiger charge is 2.14. The van der Waals surface area contributed by atoms with E-state index in [2.05, 4.69) is 0 Å². The molecule has 0 fully saturated rings. The van der Waals surface area contributed by atoms with Gasteiger partial charge in [0, 0.05) is 23.7 Å². The van der Waals surface area contributed by atoms with Gasteiger partial charge in [0.15, 0.2) is 0 Å². The quantitative estimate of drug-likeness (QED) is 0.913. The summed E-state index contributed by atoms with van der Waals surface area (Å²) in [6.45, 7) is 0.913. The fourth-order valence-electron chi connectivity index (χ4n) is 2.16. The third-order valence-electron chi connectivity index (χ3n) is 3.09. The van der Waals surface area contributed by atoms with Crippen molar-refractivity contribution >= 4 is 17.6 Å². The Labute approximate surface area is 127 Å². The number of carboxylic acids is 1. The summed E-state index contributed by atoms with van der Waals surface area (Å²) < 4.78 is 14.1. The first-order valence-electron chi connectivity index (χ1n) is 6.41. The standard InChI is InChI=1S/C16H15ClFNO2/c1-19(9-11-4-2-6-13(17)8-11)10-12-5-3-7-14(15(12)18)16(20)21/h2-8H,9-10H2,1H3,(H,20,21). The van der Waals surface area contributed by atoms with Crippen molar-refractivity contribution in [3.63, 3.8) is 0 Å². The van der Waals surface area contributed by atoms with Crippen molar-refractivity contribution < 1.29 is 14.3 Å². The van der Waals surface area contributed by atoms with E-state index in [4.69, 9.17) is 16.7 Å². The third kappa shape index (κ3) is 4.03. The van der Waals surface area contributed by atoms with Crippen LogP contribution in [0.15, 0.2) is 42.5 Å². The zero-order chi connectivity index (χ0) is 15.4. The second-order valence-corrected chi connectivity index (χ2v) is 5.32. The Morgan fingerprint density at radius 1 is 1.24 bits per heavy atom. The van der Waals surface area contributed by atoms with Crippen molar-refractivity contribution in [1.29, 1.82) is 0 Å². The van der Waals surface area contributed by atoms with Crippen LogP contribution < -0.4 is 0 Å². The number of benzene rings is 2. The molecule has 0 unspecified atom stereocenters. The highest BCUT2D eigenvalue weighted by Crippen LogP contribution is 2.17. The van der Waals surface area contributed by atoms with E-state index in [0.717, 1.165) is 5.56 Å². The van der Waals surface area contributed by atoms with Gasteiger partial charge in [-0.05, 0) is 30.8 Å². The molecule has 0 amide bonds. The molecule has 0 saturated heterocycles. The van der Waals surface area contributed by atoms with E-state index in [0.29, 0.717) is 23.7 Å². The molecule has 0 saturated carbocycles. The number of rotatable bonds is 5. The van der Waals surface area contributed by atoms with E-state index in [9.17, 15) is 9.18 Å². The highest BCUT2D eigenvalue weighted by molar-refractivity contribution is 6.30. The summed E-state index contributed by atoms with van der Waals surface area (Å²) in [5, 5.41) is 9.57. The van der Waals surface area contributed by atoms with Crippen LogP contribution >= 0.6 is 11.6 Å². The van der Waals surface area contributed by atoms with E-state index in [1.807, 2.05) is 30.1 Å². The molecular formula is C16H15ClFNO2. The second kappa shape index (κ2) is 6.70. The van der Waals surface area contributed by atoms with Gasteiger partial charge in [0.1, 0.15) is 5.82 Å². The Bertz CT molecular complexity index is 660. The van der Waals surface area contributed by atoms with Gasteiger partial charge in [-0.15, -0.1) is 0 Å². The van der Waals surface area contributed by atoms with E-state index in [-0.39, 0.29) is 5.56 Å². The lowest BCUT2D eigenvalue weighted by Gasteiger charge is -2.17. The average Bonchev–Trinajstić information content (AvgIpc) is 2.40. The van der Waals surface area contributed by atoms with Gasteiger partial charge < -0.3 is 5.11 Å². The van der Waals surface area contributed by atoms with Gasteiger partial charge in [-0.1, -0.05) is 35.9 Å². The van der Waals surface area contributed by atoms with Gasteiger partial charge in [-0.2, -0.15) is 0 Å². The Morgan fingerprint density at radius 2 is 1.95 bits per heavy atom. The van der Waals surface area contributed by atoms with E-state index in [1.165, 1.54) is 6.07 Å². The first-order chi connectivity index (χ1) is 9.97. The predicted octanol–water partition coefficient (Wildman–Crippen LogP) is 3.81. The minimum absolute atomic E-state index is 0.302. The average molecular weight is 308 g/mol. The SMILES string of the molecule is CN(Cc1cccc(Cl)c1)Cc1cccc(C(=O)O)c1F. The topological polar surface area (TPSA) is 40.5 Å². The molecule has 0 aliphatic carbocycles. The Morgan fingerprint density at radius 3 is 2.62 bits per heavy atom. The normalized spacial score (nSPS) is 10.9. The number of carboxylic acid groups (broad SMARTS) is 1. The van der Waals surface area contributed by atoms with Crippen molar-refractivity contribution in [2.45, 2.75) is 13.1 Å². The lowest BCUT2D eigenvalue weighted by atomic mass is 10.1. The van der Waals surface area contributed by atoms with Crippen LogP contribution in [0.1, 0.15) is 21.5 Å². The molecule has 1 N–H and O–H groups in total. The molecule has 110 valence electrons. The molecule has 5 heteroatoms. The molecule has 2 aromatic rings. The molecule has 2 aromatic carbocycles. The number of nitrogens with zero attached hydrogens (tertiary/aromatic N) is 1. The van der Waals surface area contributed by atoms with Crippen LogP contribution in [0.3, 0.4) is 0 Å². The van der Waals surface area contributed by atoms with Crippen LogP contribution in [0.4, 0.5) is 4.39 Å². The predicted molar refractivity (Wildman–Crippen MR) is 80.0 cm³/mol. The van der Waals surface area contributed by atoms with Crippen LogP contribution in [0, 0.1) is 5.82 Å². The van der Waals surface area contributed by atoms with Gasteiger partial charge in [-0.25, -0.2) is 9.18 Å². The van der Waals surface area contributed by atoms with E-state index in [1.54, 1.807) is 18.2 Å². The molecule has 0 atom stereocenters. The lowest BCUT2D eigenvalue weighted by molar-refractivity contribution is 0.0691. The Balaban J connectivity index is 2.11. The van der Waals surface area contributed by atoms with Gasteiger partial charge in [0.2, 0.25) is 0 Å². The molecule has 0 spiro atoms. The molecule has 0 aromatic heterocycles. The number of aromatic carboxylic acids is 1. The maximum atomic E-state index is 14.1. The Kier molecular flexibility index (Phi) is 4.94. The first-order valence-corrected chi connectivity index (χ1v) is 6.79. The molecule has 0 bridgehead atoms. The van der Waals surface area contributed by atoms with Gasteiger partial charge in [-0.3, -0.25) is 4.90 Å². The van der Waals surface area contributed by atoms with Crippen molar-refractivity contribution in [3.8, 4) is 0 Å². The minimum Gasteiger partial charge on any atom is -0.478 e. The van der Waals surface area contributed by atoms with Crippen molar-refractivity contribution in [2.75, 3.05) is 7.05 Å². The third-order valence-corrected chi connectivity index (χ3v) is 3.33. The minimum atomic E-state index is -1.26. The van der Waals surface area contributed by atoms with E-state index >= 15 is 0 Å². The maximum Gasteiger partial charge on any atom is 0.338 e. The van der Waals surface area contributed by atoms with Gasteiger partial charge in [0.25, 0.3) is 0 Å². The van der Waals surface area contributed by atoms with Crippen LogP contribution in [-0.2, 0) is 13.1 Å². The van der Waals surface area contributed by atoms with Crippen LogP contribution in [0.5, 0.6) is 0 Å². The lowest BCUT2D eigenvalue weighted by Crippen LogP contribution is -2.18. The molecule has 0 radical (unpaired) electrons. The maximum absolute atomic E-state index is 14.1. The summed E-state index contributed by atoms with van der Waals surface area (Å²) in [6, 6.07) is 11.8. The van der Waals surface area contributed by atoms with Crippen molar-refractivity contribution in [2.24, 2.45) is 0 Å². The van der Waals surface area contributed by atoms with Crippen LogP contribution in [-0.4, -0.2) is 23.0 Å². The molecule has 0 aliphatic heterocycles. The summed E-state index contributed by atoms with van der Waals surface area (Å²) in [6.07, 6.45) is 0. The summed E-state index contributed by atoms with van der Waals surface area (Å²) in [5.74, 6) is -1.94. The smallest absolute Gasteiger partial charge is 0.338 e. The Hall–Kier alpha value is -1.91. The molecule has 0 heterocycles. The second-order valence-electron chi connectivity index (χ2n) is 4.89. The van der Waals surface area contributed by atoms with Crippen molar-refractivity contribution in [3.05, 3.63) is 70.0 Å². The number of halogens is 2. The van der Waals surface area contributed by atoms with Crippen LogP contribution in [0.25, 0.3) is 0 Å². The zero-order valence-corrected chi connectivity index (χ0v) is 12.3. The van der Waals surface area contributed by atoms with Crippen LogP contribution in [0.2, 0.25) is 5.02 Å². The van der Waals surface area contributed by atoms with Gasteiger partial charge in [0.05, 0.1) is 5.56 Å². The number of hydrogen-bond donors (Lipinski definition) is 1. The fraction of sp³-hybridized carbons (Fsp3) is 0.188. The molecule has 21 heavy (non-hydrogen) atoms.